The van der Waals surface area contributed by atoms with Crippen LogP contribution in [0, 0.1) is 0 Å². The lowest BCUT2D eigenvalue weighted by atomic mass is 10.1. The number of esters is 1. The van der Waals surface area contributed by atoms with Crippen molar-refractivity contribution in [2.24, 2.45) is 4.99 Å². The highest BCUT2D eigenvalue weighted by Gasteiger charge is 2.30. The molecule has 0 unspecified atom stereocenters. The van der Waals surface area contributed by atoms with E-state index in [1.165, 1.54) is 16.7 Å². The van der Waals surface area contributed by atoms with Crippen molar-refractivity contribution in [1.29, 1.82) is 0 Å². The van der Waals surface area contributed by atoms with Crippen LogP contribution in [0.4, 0.5) is 5.69 Å². The van der Waals surface area contributed by atoms with Crippen molar-refractivity contribution in [3.05, 3.63) is 98.4 Å². The van der Waals surface area contributed by atoms with Crippen molar-refractivity contribution in [2.75, 3.05) is 13.7 Å². The summed E-state index contributed by atoms with van der Waals surface area (Å²) in [6.45, 7) is 2.32. The van der Waals surface area contributed by atoms with Gasteiger partial charge in [0.2, 0.25) is 0 Å². The Kier molecular flexibility index (Phi) is 8.36. The number of rotatable bonds is 7. The Balaban J connectivity index is 1.52. The molecule has 0 N–H and O–H groups in total. The fraction of sp³-hybridized carbons (Fsp3) is 0.148. The third-order valence-electron chi connectivity index (χ3n) is 5.21. The molecular weight excluding hydrogens is 519 g/mol. The van der Waals surface area contributed by atoms with E-state index in [-0.39, 0.29) is 18.5 Å². The van der Waals surface area contributed by atoms with E-state index in [4.69, 9.17) is 32.7 Å². The number of halogens is 2. The Morgan fingerprint density at radius 3 is 2.56 bits per heavy atom. The van der Waals surface area contributed by atoms with Crippen LogP contribution in [0.1, 0.15) is 28.4 Å². The molecular formula is C27H22Cl2N2O4S. The van der Waals surface area contributed by atoms with Crippen molar-refractivity contribution in [3.63, 3.8) is 0 Å². The van der Waals surface area contributed by atoms with Crippen LogP contribution in [0.25, 0.3) is 6.08 Å². The maximum atomic E-state index is 12.9. The summed E-state index contributed by atoms with van der Waals surface area (Å²) in [5.41, 5.74) is 2.63. The van der Waals surface area contributed by atoms with Crippen LogP contribution in [0.3, 0.4) is 0 Å². The first-order valence-corrected chi connectivity index (χ1v) is 12.6. The number of hydrogen-bond acceptors (Lipinski definition) is 6. The molecule has 184 valence electrons. The number of amidine groups is 1. The van der Waals surface area contributed by atoms with Crippen LogP contribution in [0.2, 0.25) is 10.0 Å². The van der Waals surface area contributed by atoms with E-state index in [0.717, 1.165) is 11.1 Å². The summed E-state index contributed by atoms with van der Waals surface area (Å²) < 4.78 is 11.0. The number of para-hydroxylation sites is 1. The zero-order valence-corrected chi connectivity index (χ0v) is 21.9. The van der Waals surface area contributed by atoms with E-state index < -0.39 is 0 Å². The molecule has 0 aliphatic carbocycles. The number of benzene rings is 3. The van der Waals surface area contributed by atoms with Gasteiger partial charge in [0, 0.05) is 28.2 Å². The molecule has 1 fully saturated rings. The summed E-state index contributed by atoms with van der Waals surface area (Å²) in [7, 11) is 1.67. The number of aliphatic imine (C=N–C) groups is 1. The van der Waals surface area contributed by atoms with E-state index in [9.17, 15) is 9.59 Å². The second-order valence-corrected chi connectivity index (χ2v) is 9.55. The zero-order valence-electron chi connectivity index (χ0n) is 19.5. The maximum absolute atomic E-state index is 12.9. The van der Waals surface area contributed by atoms with Gasteiger partial charge in [0.25, 0.3) is 5.91 Å². The number of thioether (sulfide) groups is 1. The van der Waals surface area contributed by atoms with Crippen LogP contribution < -0.4 is 4.74 Å². The first-order valence-electron chi connectivity index (χ1n) is 11.0. The lowest BCUT2D eigenvalue weighted by Gasteiger charge is -2.11. The van der Waals surface area contributed by atoms with Gasteiger partial charge in [-0.2, -0.15) is 0 Å². The molecule has 0 bridgehead atoms. The van der Waals surface area contributed by atoms with Crippen molar-refractivity contribution in [3.8, 4) is 5.75 Å². The van der Waals surface area contributed by atoms with Crippen molar-refractivity contribution < 1.29 is 19.1 Å². The molecule has 1 heterocycles. The molecule has 36 heavy (non-hydrogen) atoms. The monoisotopic (exact) mass is 540 g/mol. The summed E-state index contributed by atoms with van der Waals surface area (Å²) in [6.07, 6.45) is 1.79. The number of hydrogen-bond donors (Lipinski definition) is 0. The predicted molar refractivity (Wildman–Crippen MR) is 145 cm³/mol. The minimum absolute atomic E-state index is 0.169. The first kappa shape index (κ1) is 25.8. The third-order valence-corrected chi connectivity index (χ3v) is 6.86. The van der Waals surface area contributed by atoms with Gasteiger partial charge in [-0.15, -0.1) is 0 Å². The number of ether oxygens (including phenoxy) is 2. The average molecular weight is 541 g/mol. The Labute approximate surface area is 223 Å². The molecule has 1 amide bonds. The summed E-state index contributed by atoms with van der Waals surface area (Å²) in [6, 6.07) is 19.4. The second-order valence-electron chi connectivity index (χ2n) is 7.70. The fourth-order valence-electron chi connectivity index (χ4n) is 3.32. The van der Waals surface area contributed by atoms with Crippen molar-refractivity contribution >= 4 is 63.8 Å². The van der Waals surface area contributed by atoms with Crippen molar-refractivity contribution in [1.82, 2.24) is 4.90 Å². The van der Waals surface area contributed by atoms with Gasteiger partial charge in [-0.1, -0.05) is 47.5 Å². The van der Waals surface area contributed by atoms with Gasteiger partial charge < -0.3 is 9.47 Å². The summed E-state index contributed by atoms with van der Waals surface area (Å²) in [5.74, 6) is 0.0631. The number of nitrogens with zero attached hydrogens (tertiary/aromatic N) is 2. The van der Waals surface area contributed by atoms with Crippen LogP contribution in [-0.2, 0) is 16.1 Å². The first-order chi connectivity index (χ1) is 17.4. The highest BCUT2D eigenvalue weighted by molar-refractivity contribution is 8.18. The second kappa shape index (κ2) is 11.6. The highest BCUT2D eigenvalue weighted by Crippen LogP contribution is 2.35. The Hall–Kier alpha value is -3.26. The SMILES string of the molecule is CCOC(=O)c1ccc(N=C2SC(=Cc3ccccc3OCc3ccc(Cl)cc3Cl)C(=O)N2C)cc1. The molecule has 4 rings (SSSR count). The molecule has 1 aliphatic heterocycles. The molecule has 1 saturated heterocycles. The molecule has 6 nitrogen and oxygen atoms in total. The van der Waals surface area contributed by atoms with E-state index >= 15 is 0 Å². The minimum Gasteiger partial charge on any atom is -0.488 e. The van der Waals surface area contributed by atoms with Gasteiger partial charge in [-0.3, -0.25) is 9.69 Å². The normalized spacial score (nSPS) is 15.6. The molecule has 0 radical (unpaired) electrons. The molecule has 1 aliphatic rings. The predicted octanol–water partition coefficient (Wildman–Crippen LogP) is 6.98. The smallest absolute Gasteiger partial charge is 0.338 e. The number of carbonyl (C=O) groups is 2. The number of likely N-dealkylation sites (N-methyl/N-ethyl adjacent to an activating group) is 1. The minimum atomic E-state index is -0.385. The van der Waals surface area contributed by atoms with E-state index in [2.05, 4.69) is 4.99 Å². The third kappa shape index (κ3) is 6.10. The van der Waals surface area contributed by atoms with Gasteiger partial charge in [0.15, 0.2) is 5.17 Å². The molecule has 3 aromatic carbocycles. The van der Waals surface area contributed by atoms with Crippen molar-refractivity contribution in [2.45, 2.75) is 13.5 Å². The molecule has 0 spiro atoms. The van der Waals surface area contributed by atoms with Crippen LogP contribution >= 0.6 is 35.0 Å². The Morgan fingerprint density at radius 2 is 1.83 bits per heavy atom. The largest absolute Gasteiger partial charge is 0.488 e. The fourth-order valence-corrected chi connectivity index (χ4v) is 4.76. The number of carbonyl (C=O) groups excluding carboxylic acids is 2. The number of amides is 1. The Morgan fingerprint density at radius 1 is 1.08 bits per heavy atom. The van der Waals surface area contributed by atoms with E-state index in [0.29, 0.717) is 43.7 Å². The summed E-state index contributed by atoms with van der Waals surface area (Å²) >= 11 is 13.5. The summed E-state index contributed by atoms with van der Waals surface area (Å²) in [5, 5.41) is 1.61. The molecule has 3 aromatic rings. The average Bonchev–Trinajstić information content (AvgIpc) is 3.12. The van der Waals surface area contributed by atoms with Gasteiger partial charge in [-0.05, 0) is 67.2 Å². The van der Waals surface area contributed by atoms with Gasteiger partial charge >= 0.3 is 5.97 Å². The van der Waals surface area contributed by atoms with Crippen LogP contribution in [0.15, 0.2) is 76.6 Å². The Bertz CT molecular complexity index is 1360. The van der Waals surface area contributed by atoms with Gasteiger partial charge in [0.05, 0.1) is 22.8 Å². The molecule has 0 aromatic heterocycles. The van der Waals surface area contributed by atoms with E-state index in [1.54, 1.807) is 56.4 Å². The lowest BCUT2D eigenvalue weighted by Crippen LogP contribution is -2.23. The standard InChI is InChI=1S/C27H22Cl2N2O4S/c1-3-34-26(33)17-9-12-21(13-10-17)30-27-31(2)25(32)24(36-27)14-18-6-4-5-7-23(18)35-16-19-8-11-20(28)15-22(19)29/h4-15H,3,16H2,1-2H3. The summed E-state index contributed by atoms with van der Waals surface area (Å²) in [4.78, 5) is 31.4. The quantitative estimate of drug-likeness (QED) is 0.238. The van der Waals surface area contributed by atoms with Crippen LogP contribution in [-0.4, -0.2) is 35.6 Å². The van der Waals surface area contributed by atoms with E-state index in [1.807, 2.05) is 30.3 Å². The molecule has 9 heteroatoms. The van der Waals surface area contributed by atoms with Gasteiger partial charge in [-0.25, -0.2) is 9.79 Å². The van der Waals surface area contributed by atoms with Crippen LogP contribution in [0.5, 0.6) is 5.75 Å². The molecule has 0 atom stereocenters. The topological polar surface area (TPSA) is 68.2 Å². The maximum Gasteiger partial charge on any atom is 0.338 e. The zero-order chi connectivity index (χ0) is 25.7. The van der Waals surface area contributed by atoms with Gasteiger partial charge in [0.1, 0.15) is 12.4 Å². The lowest BCUT2D eigenvalue weighted by molar-refractivity contribution is -0.121. The highest BCUT2D eigenvalue weighted by atomic mass is 35.5. The molecule has 0 saturated carbocycles.